The molecule has 2 aromatic carbocycles. The summed E-state index contributed by atoms with van der Waals surface area (Å²) in [6.07, 6.45) is 0. The minimum absolute atomic E-state index is 0.0234. The molecular weight excluding hydrogens is 404 g/mol. The first-order valence-corrected chi connectivity index (χ1v) is 11.9. The summed E-state index contributed by atoms with van der Waals surface area (Å²) in [7, 11) is -1.13. The summed E-state index contributed by atoms with van der Waals surface area (Å²) in [5, 5.41) is 0.0234. The molecule has 2 rings (SSSR count). The van der Waals surface area contributed by atoms with Crippen LogP contribution in [0.15, 0.2) is 24.3 Å². The first-order valence-electron chi connectivity index (χ1n) is 8.99. The molecule has 3 nitrogen and oxygen atoms in total. The average Bonchev–Trinajstić information content (AvgIpc) is 2.65. The summed E-state index contributed by atoms with van der Waals surface area (Å²) in [5.74, 6) is -8.40. The van der Waals surface area contributed by atoms with E-state index >= 15 is 0 Å². The Hall–Kier alpha value is -2.19. The van der Waals surface area contributed by atoms with E-state index in [0.717, 1.165) is 12.7 Å². The van der Waals surface area contributed by atoms with Crippen molar-refractivity contribution in [2.75, 3.05) is 7.11 Å². The number of methoxy groups -OCH3 is 1. The third kappa shape index (κ3) is 4.53. The van der Waals surface area contributed by atoms with E-state index in [2.05, 4.69) is 38.6 Å². The number of hydrogen-bond acceptors (Lipinski definition) is 3. The quantitative estimate of drug-likeness (QED) is 0.246. The molecule has 2 aromatic rings. The lowest BCUT2D eigenvalue weighted by Crippen LogP contribution is -2.40. The average molecular weight is 428 g/mol. The van der Waals surface area contributed by atoms with Gasteiger partial charge in [-0.25, -0.2) is 22.4 Å². The van der Waals surface area contributed by atoms with E-state index in [1.165, 1.54) is 12.1 Å². The second-order valence-corrected chi connectivity index (χ2v) is 13.1. The van der Waals surface area contributed by atoms with E-state index in [9.17, 15) is 22.4 Å². The molecule has 8 heteroatoms. The molecule has 0 aromatic heterocycles. The van der Waals surface area contributed by atoms with Crippen molar-refractivity contribution in [3.05, 3.63) is 58.7 Å². The van der Waals surface area contributed by atoms with Gasteiger partial charge in [-0.15, -0.1) is 0 Å². The number of halogens is 4. The topological polar surface area (TPSA) is 35.5 Å². The van der Waals surface area contributed by atoms with Crippen molar-refractivity contribution in [2.24, 2.45) is 0 Å². The Morgan fingerprint density at radius 3 is 1.83 bits per heavy atom. The monoisotopic (exact) mass is 428 g/mol. The van der Waals surface area contributed by atoms with Crippen LogP contribution in [-0.2, 0) is 15.8 Å². The van der Waals surface area contributed by atoms with Gasteiger partial charge in [-0.3, -0.25) is 0 Å². The molecule has 0 spiro atoms. The first-order chi connectivity index (χ1) is 13.3. The molecule has 0 radical (unpaired) electrons. The Labute approximate surface area is 168 Å². The van der Waals surface area contributed by atoms with Gasteiger partial charge in [-0.05, 0) is 29.3 Å². The molecule has 0 fully saturated rings. The van der Waals surface area contributed by atoms with Crippen LogP contribution in [0.4, 0.5) is 17.6 Å². The van der Waals surface area contributed by atoms with Crippen LogP contribution in [0.3, 0.4) is 0 Å². The zero-order valence-electron chi connectivity index (χ0n) is 17.3. The zero-order valence-corrected chi connectivity index (χ0v) is 18.3. The lowest BCUT2D eigenvalue weighted by atomic mass is 10.00. The molecule has 0 bridgehead atoms. The van der Waals surface area contributed by atoms with Crippen LogP contribution in [0.1, 0.15) is 36.7 Å². The Bertz CT molecular complexity index is 890. The van der Waals surface area contributed by atoms with Crippen molar-refractivity contribution in [3.63, 3.8) is 0 Å². The highest BCUT2D eigenvalue weighted by Crippen LogP contribution is 2.37. The maximum atomic E-state index is 14.4. The first kappa shape index (κ1) is 23.1. The molecule has 0 atom stereocenters. The van der Waals surface area contributed by atoms with Gasteiger partial charge < -0.3 is 9.16 Å². The number of hydrogen-bond donors (Lipinski definition) is 0. The van der Waals surface area contributed by atoms with Crippen molar-refractivity contribution < 1.29 is 31.5 Å². The normalized spacial score (nSPS) is 12.2. The maximum absolute atomic E-state index is 14.4. The number of carbonyl (C=O) groups is 1. The molecule has 29 heavy (non-hydrogen) atoms. The van der Waals surface area contributed by atoms with Gasteiger partial charge in [0.15, 0.2) is 31.6 Å². The number of ether oxygens (including phenoxy) is 1. The molecule has 0 N–H and O–H groups in total. The predicted octanol–water partition coefficient (Wildman–Crippen LogP) is 6.22. The molecule has 0 aliphatic carbocycles. The molecule has 0 amide bonds. The van der Waals surface area contributed by atoms with E-state index in [1.54, 1.807) is 12.1 Å². The van der Waals surface area contributed by atoms with Crippen molar-refractivity contribution in [1.29, 1.82) is 0 Å². The van der Waals surface area contributed by atoms with Crippen LogP contribution in [0.2, 0.25) is 18.1 Å². The van der Waals surface area contributed by atoms with Crippen LogP contribution in [-0.4, -0.2) is 21.4 Å². The van der Waals surface area contributed by atoms with Gasteiger partial charge in [-0.2, -0.15) is 0 Å². The predicted molar refractivity (Wildman–Crippen MR) is 105 cm³/mol. The van der Waals surface area contributed by atoms with Gasteiger partial charge in [0.1, 0.15) is 5.56 Å². The Morgan fingerprint density at radius 1 is 0.931 bits per heavy atom. The molecule has 0 saturated heterocycles. The minimum atomic E-state index is -1.98. The fraction of sp³-hybridized carbons (Fsp3) is 0.381. The summed E-state index contributed by atoms with van der Waals surface area (Å²) >= 11 is 0. The lowest BCUT2D eigenvalue weighted by molar-refractivity contribution is 0.0587. The Kier molecular flexibility index (Phi) is 6.59. The molecule has 0 unspecified atom stereocenters. The van der Waals surface area contributed by atoms with E-state index in [1.807, 2.05) is 0 Å². The van der Waals surface area contributed by atoms with E-state index in [4.69, 9.17) is 4.43 Å². The fourth-order valence-corrected chi connectivity index (χ4v) is 3.37. The second-order valence-electron chi connectivity index (χ2n) is 8.24. The van der Waals surface area contributed by atoms with Crippen LogP contribution < -0.4 is 0 Å². The SMILES string of the molecule is COC(=O)c1c(F)c(F)c(-c2ccc(CO[Si](C)(C)C(C)(C)C)cc2)c(F)c1F. The molecule has 0 saturated carbocycles. The fourth-order valence-electron chi connectivity index (χ4n) is 2.41. The zero-order chi connectivity index (χ0) is 22.1. The van der Waals surface area contributed by atoms with E-state index < -0.39 is 48.7 Å². The van der Waals surface area contributed by atoms with Crippen LogP contribution >= 0.6 is 0 Å². The highest BCUT2D eigenvalue weighted by molar-refractivity contribution is 6.74. The van der Waals surface area contributed by atoms with Crippen LogP contribution in [0.5, 0.6) is 0 Å². The van der Waals surface area contributed by atoms with Crippen molar-refractivity contribution in [2.45, 2.75) is 45.5 Å². The molecule has 0 heterocycles. The highest BCUT2D eigenvalue weighted by Gasteiger charge is 2.37. The van der Waals surface area contributed by atoms with Crippen molar-refractivity contribution in [3.8, 4) is 11.1 Å². The molecule has 0 aliphatic heterocycles. The minimum Gasteiger partial charge on any atom is -0.465 e. The van der Waals surface area contributed by atoms with Gasteiger partial charge >= 0.3 is 5.97 Å². The van der Waals surface area contributed by atoms with E-state index in [0.29, 0.717) is 6.61 Å². The van der Waals surface area contributed by atoms with Crippen LogP contribution in [0.25, 0.3) is 11.1 Å². The Morgan fingerprint density at radius 2 is 1.41 bits per heavy atom. The van der Waals surface area contributed by atoms with Gasteiger partial charge in [0.2, 0.25) is 0 Å². The smallest absolute Gasteiger partial charge is 0.344 e. The molecular formula is C21H24F4O3Si. The highest BCUT2D eigenvalue weighted by atomic mass is 28.4. The van der Waals surface area contributed by atoms with Gasteiger partial charge in [0.25, 0.3) is 0 Å². The summed E-state index contributed by atoms with van der Waals surface area (Å²) in [6.45, 7) is 10.8. The second kappa shape index (κ2) is 8.28. The van der Waals surface area contributed by atoms with Crippen molar-refractivity contribution in [1.82, 2.24) is 0 Å². The number of rotatable bonds is 5. The summed E-state index contributed by atoms with van der Waals surface area (Å²) < 4.78 is 67.4. The lowest BCUT2D eigenvalue weighted by Gasteiger charge is -2.36. The Balaban J connectivity index is 2.37. The number of benzene rings is 2. The van der Waals surface area contributed by atoms with Gasteiger partial charge in [-0.1, -0.05) is 45.0 Å². The third-order valence-electron chi connectivity index (χ3n) is 5.30. The summed E-state index contributed by atoms with van der Waals surface area (Å²) in [6, 6.07) is 5.85. The molecule has 158 valence electrons. The van der Waals surface area contributed by atoms with Gasteiger partial charge in [0.05, 0.1) is 19.3 Å². The maximum Gasteiger partial charge on any atom is 0.344 e. The molecule has 0 aliphatic rings. The number of esters is 1. The third-order valence-corrected chi connectivity index (χ3v) is 9.78. The number of carbonyl (C=O) groups excluding carboxylic acids is 1. The van der Waals surface area contributed by atoms with E-state index in [-0.39, 0.29) is 10.6 Å². The van der Waals surface area contributed by atoms with Gasteiger partial charge in [0, 0.05) is 0 Å². The van der Waals surface area contributed by atoms with Crippen molar-refractivity contribution >= 4 is 14.3 Å². The standard InChI is InChI=1S/C21H24F4O3Si/c1-21(2,3)29(5,6)28-11-12-7-9-13(10-8-12)14-16(22)18(24)15(20(26)27-4)19(25)17(14)23/h7-10H,11H2,1-6H3. The summed E-state index contributed by atoms with van der Waals surface area (Å²) in [5.41, 5.74) is -1.59. The largest absolute Gasteiger partial charge is 0.465 e. The van der Waals surface area contributed by atoms with Crippen LogP contribution in [0, 0.1) is 23.3 Å². The summed E-state index contributed by atoms with van der Waals surface area (Å²) in [4.78, 5) is 11.4.